The van der Waals surface area contributed by atoms with Crippen molar-refractivity contribution >= 4 is 27.5 Å². The largest absolute Gasteiger partial charge is 0.506 e. The number of halogens is 5. The van der Waals surface area contributed by atoms with Gasteiger partial charge >= 0.3 is 6.18 Å². The first-order valence-corrected chi connectivity index (χ1v) is 7.18. The summed E-state index contributed by atoms with van der Waals surface area (Å²) in [5.41, 5.74) is -0.185. The van der Waals surface area contributed by atoms with Crippen molar-refractivity contribution in [2.24, 2.45) is 0 Å². The molecule has 1 aliphatic heterocycles. The lowest BCUT2D eigenvalue weighted by atomic mass is 10.0. The van der Waals surface area contributed by atoms with Crippen LogP contribution in [-0.2, 0) is 0 Å². The lowest BCUT2D eigenvalue weighted by Gasteiger charge is -2.36. The van der Waals surface area contributed by atoms with E-state index in [0.717, 1.165) is 0 Å². The van der Waals surface area contributed by atoms with Crippen LogP contribution >= 0.6 is 27.5 Å². The fraction of sp³-hybridized carbons (Fsp3) is 0.500. The number of hydrogen-bond donors (Lipinski definition) is 2. The zero-order valence-electron chi connectivity index (χ0n) is 10.3. The van der Waals surface area contributed by atoms with Crippen molar-refractivity contribution in [1.29, 1.82) is 0 Å². The molecule has 0 radical (unpaired) electrons. The highest BCUT2D eigenvalue weighted by Gasteiger charge is 2.46. The van der Waals surface area contributed by atoms with Crippen LogP contribution in [0.5, 0.6) is 5.75 Å². The van der Waals surface area contributed by atoms with Gasteiger partial charge < -0.3 is 10.4 Å². The average molecular weight is 374 g/mol. The van der Waals surface area contributed by atoms with E-state index in [1.807, 2.05) is 0 Å². The van der Waals surface area contributed by atoms with E-state index in [0.29, 0.717) is 13.1 Å². The highest BCUT2D eigenvalue weighted by atomic mass is 79.9. The van der Waals surface area contributed by atoms with E-state index in [9.17, 15) is 18.3 Å². The number of piperazine rings is 1. The molecule has 1 heterocycles. The molecule has 1 saturated heterocycles. The van der Waals surface area contributed by atoms with Gasteiger partial charge in [-0.15, -0.1) is 0 Å². The van der Waals surface area contributed by atoms with Gasteiger partial charge in [-0.2, -0.15) is 13.2 Å². The Morgan fingerprint density at radius 3 is 2.45 bits per heavy atom. The normalized spacial score (nSPS) is 19.1. The fourth-order valence-electron chi connectivity index (χ4n) is 2.30. The van der Waals surface area contributed by atoms with Crippen LogP contribution < -0.4 is 5.32 Å². The Kier molecular flexibility index (Phi) is 4.84. The number of hydrogen-bond acceptors (Lipinski definition) is 3. The Morgan fingerprint density at radius 1 is 1.30 bits per heavy atom. The second-order valence-electron chi connectivity index (χ2n) is 4.53. The molecule has 1 fully saturated rings. The minimum Gasteiger partial charge on any atom is -0.506 e. The van der Waals surface area contributed by atoms with E-state index >= 15 is 0 Å². The minimum absolute atomic E-state index is 0.0843. The van der Waals surface area contributed by atoms with Gasteiger partial charge in [0.2, 0.25) is 0 Å². The molecule has 0 aromatic heterocycles. The Hall–Kier alpha value is -0.500. The van der Waals surface area contributed by atoms with Gasteiger partial charge in [-0.3, -0.25) is 4.90 Å². The molecule has 1 aromatic carbocycles. The molecule has 3 nitrogen and oxygen atoms in total. The minimum atomic E-state index is -4.47. The number of aromatic hydroxyl groups is 1. The summed E-state index contributed by atoms with van der Waals surface area (Å²) in [6, 6.07) is 0.739. The molecule has 1 aliphatic rings. The highest BCUT2D eigenvalue weighted by Crippen LogP contribution is 2.45. The van der Waals surface area contributed by atoms with Gasteiger partial charge in [0.1, 0.15) is 11.8 Å². The summed E-state index contributed by atoms with van der Waals surface area (Å²) in [4.78, 5) is 1.31. The van der Waals surface area contributed by atoms with Crippen LogP contribution in [0.1, 0.15) is 11.6 Å². The van der Waals surface area contributed by atoms with Crippen molar-refractivity contribution in [3.05, 3.63) is 27.2 Å². The predicted molar refractivity (Wildman–Crippen MR) is 74.1 cm³/mol. The van der Waals surface area contributed by atoms with Crippen molar-refractivity contribution in [2.45, 2.75) is 12.2 Å². The standard InChI is InChI=1S/C12H13BrClF3N2O/c13-9-8(14)2-1-7(10(9)20)11(12(15,16)17)19-5-3-18-4-6-19/h1-2,11,18,20H,3-6H2/t11-/m0/s1. The molecule has 1 atom stereocenters. The van der Waals surface area contributed by atoms with Crippen LogP contribution in [-0.4, -0.2) is 42.4 Å². The average Bonchev–Trinajstić information content (AvgIpc) is 2.39. The maximum atomic E-state index is 13.4. The molecular weight excluding hydrogens is 360 g/mol. The molecule has 0 spiro atoms. The van der Waals surface area contributed by atoms with Gasteiger partial charge in [0.15, 0.2) is 0 Å². The summed E-state index contributed by atoms with van der Waals surface area (Å²) in [7, 11) is 0. The topological polar surface area (TPSA) is 35.5 Å². The zero-order chi connectivity index (χ0) is 14.9. The summed E-state index contributed by atoms with van der Waals surface area (Å²) in [5, 5.41) is 13.1. The number of rotatable bonds is 2. The van der Waals surface area contributed by atoms with Gasteiger partial charge in [0, 0.05) is 31.7 Å². The van der Waals surface area contributed by atoms with Crippen molar-refractivity contribution in [3.8, 4) is 5.75 Å². The maximum absolute atomic E-state index is 13.4. The summed E-state index contributed by atoms with van der Waals surface area (Å²) < 4.78 is 40.2. The fourth-order valence-corrected chi connectivity index (χ4v) is 2.81. The van der Waals surface area contributed by atoms with E-state index < -0.39 is 18.0 Å². The maximum Gasteiger partial charge on any atom is 0.408 e. The van der Waals surface area contributed by atoms with E-state index in [2.05, 4.69) is 21.2 Å². The van der Waals surface area contributed by atoms with Gasteiger partial charge in [-0.05, 0) is 22.0 Å². The zero-order valence-corrected chi connectivity index (χ0v) is 12.7. The van der Waals surface area contributed by atoms with Crippen LogP contribution in [0.3, 0.4) is 0 Å². The molecular formula is C12H13BrClF3N2O. The Morgan fingerprint density at radius 2 is 1.90 bits per heavy atom. The van der Waals surface area contributed by atoms with Gasteiger partial charge in [0.05, 0.1) is 9.50 Å². The molecule has 1 aromatic rings. The quantitative estimate of drug-likeness (QED) is 0.835. The number of phenolic OH excluding ortho intramolecular Hbond substituents is 1. The Labute approximate surface area is 127 Å². The molecule has 8 heteroatoms. The van der Waals surface area contributed by atoms with Crippen molar-refractivity contribution in [2.75, 3.05) is 26.2 Å². The van der Waals surface area contributed by atoms with Crippen LogP contribution in [0, 0.1) is 0 Å². The number of alkyl halides is 3. The van der Waals surface area contributed by atoms with E-state index in [1.54, 1.807) is 0 Å². The van der Waals surface area contributed by atoms with E-state index in [4.69, 9.17) is 11.6 Å². The van der Waals surface area contributed by atoms with Crippen LogP contribution in [0.25, 0.3) is 0 Å². The van der Waals surface area contributed by atoms with Gasteiger partial charge in [-0.25, -0.2) is 0 Å². The van der Waals surface area contributed by atoms with Crippen molar-refractivity contribution in [1.82, 2.24) is 10.2 Å². The summed E-state index contributed by atoms with van der Waals surface area (Å²) in [5.74, 6) is -0.460. The van der Waals surface area contributed by atoms with Crippen LogP contribution in [0.4, 0.5) is 13.2 Å². The molecule has 0 unspecified atom stereocenters. The van der Waals surface area contributed by atoms with Crippen LogP contribution in [0.15, 0.2) is 16.6 Å². The molecule has 0 bridgehead atoms. The van der Waals surface area contributed by atoms with E-state index in [1.165, 1.54) is 17.0 Å². The van der Waals surface area contributed by atoms with Crippen LogP contribution in [0.2, 0.25) is 5.02 Å². The SMILES string of the molecule is Oc1c([C@H](N2CCNCC2)C(F)(F)F)ccc(Cl)c1Br. The van der Waals surface area contributed by atoms with Gasteiger partial charge in [0.25, 0.3) is 0 Å². The molecule has 0 aliphatic carbocycles. The Balaban J connectivity index is 2.44. The molecule has 0 saturated carbocycles. The third kappa shape index (κ3) is 3.21. The lowest BCUT2D eigenvalue weighted by molar-refractivity contribution is -0.188. The lowest BCUT2D eigenvalue weighted by Crippen LogP contribution is -2.49. The highest BCUT2D eigenvalue weighted by molar-refractivity contribution is 9.10. The third-order valence-electron chi connectivity index (χ3n) is 3.22. The van der Waals surface area contributed by atoms with E-state index in [-0.39, 0.29) is 28.1 Å². The van der Waals surface area contributed by atoms with Crippen molar-refractivity contribution < 1.29 is 18.3 Å². The first-order valence-electron chi connectivity index (χ1n) is 6.00. The second kappa shape index (κ2) is 6.09. The molecule has 2 rings (SSSR count). The summed E-state index contributed by atoms with van der Waals surface area (Å²) in [6.45, 7) is 1.51. The second-order valence-corrected chi connectivity index (χ2v) is 5.73. The number of phenols is 1. The Bertz CT molecular complexity index is 492. The number of nitrogens with one attached hydrogen (secondary N) is 1. The smallest absolute Gasteiger partial charge is 0.408 e. The first kappa shape index (κ1) is 15.9. The third-order valence-corrected chi connectivity index (χ3v) is 4.57. The van der Waals surface area contributed by atoms with Crippen molar-refractivity contribution in [3.63, 3.8) is 0 Å². The molecule has 20 heavy (non-hydrogen) atoms. The summed E-state index contributed by atoms with van der Waals surface area (Å²) >= 11 is 8.79. The predicted octanol–water partition coefficient (Wildman–Crippen LogP) is 3.32. The molecule has 112 valence electrons. The number of nitrogens with zero attached hydrogens (tertiary/aromatic N) is 1. The summed E-state index contributed by atoms with van der Waals surface area (Å²) in [6.07, 6.45) is -4.47. The molecule has 0 amide bonds. The monoisotopic (exact) mass is 372 g/mol. The molecule has 2 N–H and O–H groups in total. The first-order chi connectivity index (χ1) is 9.32. The number of benzene rings is 1. The van der Waals surface area contributed by atoms with Gasteiger partial charge in [-0.1, -0.05) is 17.7 Å².